The quantitative estimate of drug-likeness (QED) is 0.831. The van der Waals surface area contributed by atoms with Crippen LogP contribution in [0, 0.1) is 0 Å². The molecule has 0 saturated heterocycles. The molecule has 0 bridgehead atoms. The molecule has 1 aromatic rings. The maximum absolute atomic E-state index is 10.8. The molecular weight excluding hydrogens is 247 g/mol. The van der Waals surface area contributed by atoms with Crippen molar-refractivity contribution in [3.8, 4) is 0 Å². The van der Waals surface area contributed by atoms with Gasteiger partial charge in [0.1, 0.15) is 5.15 Å². The Morgan fingerprint density at radius 2 is 2.14 bits per heavy atom. The van der Waals surface area contributed by atoms with E-state index in [1.807, 2.05) is 0 Å². The summed E-state index contributed by atoms with van der Waals surface area (Å²) >= 11 is 11.3. The fourth-order valence-corrected chi connectivity index (χ4v) is 1.49. The first kappa shape index (κ1) is 11.7. The van der Waals surface area contributed by atoms with Crippen LogP contribution in [-0.2, 0) is 16.6 Å². The molecule has 0 fully saturated rings. The minimum absolute atomic E-state index is 0.155. The summed E-state index contributed by atoms with van der Waals surface area (Å²) in [6.07, 6.45) is 2.55. The van der Waals surface area contributed by atoms with Gasteiger partial charge in [0, 0.05) is 12.7 Å². The van der Waals surface area contributed by atoms with Crippen LogP contribution in [0.15, 0.2) is 12.3 Å². The van der Waals surface area contributed by atoms with Gasteiger partial charge < -0.3 is 0 Å². The number of halogens is 2. The van der Waals surface area contributed by atoms with Gasteiger partial charge in [0.05, 0.1) is 11.3 Å². The monoisotopic (exact) mass is 254 g/mol. The topological polar surface area (TPSA) is 59.1 Å². The van der Waals surface area contributed by atoms with E-state index in [1.165, 1.54) is 6.20 Å². The second-order valence-corrected chi connectivity index (χ2v) is 5.31. The van der Waals surface area contributed by atoms with Gasteiger partial charge in [-0.3, -0.25) is 0 Å². The van der Waals surface area contributed by atoms with Crippen LogP contribution < -0.4 is 4.72 Å². The van der Waals surface area contributed by atoms with Gasteiger partial charge in [-0.25, -0.2) is 18.1 Å². The fourth-order valence-electron chi connectivity index (χ4n) is 0.772. The van der Waals surface area contributed by atoms with Crippen molar-refractivity contribution in [1.82, 2.24) is 9.71 Å². The average Bonchev–Trinajstić information content (AvgIpc) is 2.06. The molecule has 0 aromatic carbocycles. The standard InChI is InChI=1S/C7H8Cl2N2O2S/c1-14(12,13)11-4-5-2-6(8)7(9)10-3-5/h2-3,11H,4H2,1H3. The molecule has 0 atom stereocenters. The van der Waals surface area contributed by atoms with Gasteiger partial charge in [0.2, 0.25) is 10.0 Å². The van der Waals surface area contributed by atoms with Gasteiger partial charge in [-0.2, -0.15) is 0 Å². The third-order valence-corrected chi connectivity index (χ3v) is 2.75. The van der Waals surface area contributed by atoms with Gasteiger partial charge in [-0.15, -0.1) is 0 Å². The largest absolute Gasteiger partial charge is 0.243 e. The fraction of sp³-hybridized carbons (Fsp3) is 0.286. The molecule has 0 aliphatic carbocycles. The number of rotatable bonds is 3. The summed E-state index contributed by atoms with van der Waals surface area (Å²) in [6, 6.07) is 1.56. The zero-order valence-electron chi connectivity index (χ0n) is 7.29. The zero-order valence-corrected chi connectivity index (χ0v) is 9.62. The van der Waals surface area contributed by atoms with Gasteiger partial charge in [-0.05, 0) is 11.6 Å². The highest BCUT2D eigenvalue weighted by molar-refractivity contribution is 7.88. The van der Waals surface area contributed by atoms with E-state index >= 15 is 0 Å². The van der Waals surface area contributed by atoms with Crippen molar-refractivity contribution in [2.75, 3.05) is 6.26 Å². The van der Waals surface area contributed by atoms with Crippen molar-refractivity contribution < 1.29 is 8.42 Å². The molecule has 0 amide bonds. The second kappa shape index (κ2) is 4.44. The number of pyridine rings is 1. The number of aromatic nitrogens is 1. The molecule has 0 aliphatic heterocycles. The molecule has 4 nitrogen and oxygen atoms in total. The lowest BCUT2D eigenvalue weighted by atomic mass is 10.3. The van der Waals surface area contributed by atoms with Crippen molar-refractivity contribution in [3.05, 3.63) is 28.0 Å². The molecule has 0 radical (unpaired) electrons. The van der Waals surface area contributed by atoms with Gasteiger partial charge in [0.25, 0.3) is 0 Å². The van der Waals surface area contributed by atoms with E-state index in [9.17, 15) is 8.42 Å². The molecule has 0 spiro atoms. The molecule has 78 valence electrons. The first-order valence-electron chi connectivity index (χ1n) is 3.63. The third kappa shape index (κ3) is 3.79. The highest BCUT2D eigenvalue weighted by Gasteiger charge is 2.03. The normalized spacial score (nSPS) is 11.6. The summed E-state index contributed by atoms with van der Waals surface area (Å²) in [5.41, 5.74) is 0.657. The molecule has 1 heterocycles. The van der Waals surface area contributed by atoms with Gasteiger partial charge in [0.15, 0.2) is 0 Å². The molecule has 14 heavy (non-hydrogen) atoms. The van der Waals surface area contributed by atoms with Crippen LogP contribution in [0.1, 0.15) is 5.56 Å². The Morgan fingerprint density at radius 1 is 1.50 bits per heavy atom. The Labute approximate surface area is 92.3 Å². The summed E-state index contributed by atoms with van der Waals surface area (Å²) in [5.74, 6) is 0. The minimum atomic E-state index is -3.20. The molecule has 1 rings (SSSR count). The number of nitrogens with zero attached hydrogens (tertiary/aromatic N) is 1. The first-order chi connectivity index (χ1) is 6.38. The molecule has 0 unspecified atom stereocenters. The van der Waals surface area contributed by atoms with Crippen molar-refractivity contribution >= 4 is 33.2 Å². The summed E-state index contributed by atoms with van der Waals surface area (Å²) in [4.78, 5) is 3.78. The molecule has 1 aromatic heterocycles. The minimum Gasteiger partial charge on any atom is -0.243 e. The van der Waals surface area contributed by atoms with Crippen molar-refractivity contribution in [3.63, 3.8) is 0 Å². The van der Waals surface area contributed by atoms with Crippen molar-refractivity contribution in [1.29, 1.82) is 0 Å². The van der Waals surface area contributed by atoms with E-state index in [-0.39, 0.29) is 11.7 Å². The summed E-state index contributed by atoms with van der Waals surface area (Å²) in [6.45, 7) is 0.155. The number of sulfonamides is 1. The maximum atomic E-state index is 10.8. The van der Waals surface area contributed by atoms with Crippen LogP contribution in [0.5, 0.6) is 0 Å². The predicted molar refractivity (Wildman–Crippen MR) is 55.9 cm³/mol. The van der Waals surface area contributed by atoms with Gasteiger partial charge in [-0.1, -0.05) is 23.2 Å². The van der Waals surface area contributed by atoms with E-state index in [2.05, 4.69) is 9.71 Å². The van der Waals surface area contributed by atoms with E-state index in [1.54, 1.807) is 6.07 Å². The predicted octanol–water partition coefficient (Wildman–Crippen LogP) is 1.44. The van der Waals surface area contributed by atoms with Gasteiger partial charge >= 0.3 is 0 Å². The van der Waals surface area contributed by atoms with Crippen molar-refractivity contribution in [2.24, 2.45) is 0 Å². The number of hydrogen-bond acceptors (Lipinski definition) is 3. The van der Waals surface area contributed by atoms with Crippen LogP contribution in [0.4, 0.5) is 0 Å². The first-order valence-corrected chi connectivity index (χ1v) is 6.28. The van der Waals surface area contributed by atoms with Crippen LogP contribution in [-0.4, -0.2) is 19.7 Å². The van der Waals surface area contributed by atoms with E-state index in [0.717, 1.165) is 6.26 Å². The van der Waals surface area contributed by atoms with Crippen LogP contribution in [0.2, 0.25) is 10.2 Å². The maximum Gasteiger partial charge on any atom is 0.209 e. The Kier molecular flexibility index (Phi) is 3.71. The lowest BCUT2D eigenvalue weighted by molar-refractivity contribution is 0.587. The molecular formula is C7H8Cl2N2O2S. The Morgan fingerprint density at radius 3 is 2.64 bits per heavy atom. The lowest BCUT2D eigenvalue weighted by Crippen LogP contribution is -2.21. The summed E-state index contributed by atoms with van der Waals surface area (Å²) in [7, 11) is -3.20. The summed E-state index contributed by atoms with van der Waals surface area (Å²) in [5, 5.41) is 0.509. The molecule has 0 saturated carbocycles. The average molecular weight is 255 g/mol. The number of hydrogen-bond donors (Lipinski definition) is 1. The zero-order chi connectivity index (χ0) is 10.8. The SMILES string of the molecule is CS(=O)(=O)NCc1cnc(Cl)c(Cl)c1. The van der Waals surface area contributed by atoms with Crippen molar-refractivity contribution in [2.45, 2.75) is 6.54 Å². The van der Waals surface area contributed by atoms with Crippen LogP contribution in [0.25, 0.3) is 0 Å². The second-order valence-electron chi connectivity index (χ2n) is 2.71. The number of nitrogens with one attached hydrogen (secondary N) is 1. The highest BCUT2D eigenvalue weighted by Crippen LogP contribution is 2.19. The summed E-state index contributed by atoms with van der Waals surface area (Å²) < 4.78 is 23.8. The third-order valence-electron chi connectivity index (χ3n) is 1.39. The highest BCUT2D eigenvalue weighted by atomic mass is 35.5. The van der Waals surface area contributed by atoms with E-state index in [0.29, 0.717) is 10.6 Å². The molecule has 7 heteroatoms. The van der Waals surface area contributed by atoms with E-state index < -0.39 is 10.0 Å². The Balaban J connectivity index is 2.74. The Hall–Kier alpha value is -0.360. The van der Waals surface area contributed by atoms with Crippen LogP contribution >= 0.6 is 23.2 Å². The van der Waals surface area contributed by atoms with E-state index in [4.69, 9.17) is 23.2 Å². The lowest BCUT2D eigenvalue weighted by Gasteiger charge is -2.02. The Bertz CT molecular complexity index is 433. The molecule has 1 N–H and O–H groups in total. The molecule has 0 aliphatic rings. The smallest absolute Gasteiger partial charge is 0.209 e. The van der Waals surface area contributed by atoms with Crippen LogP contribution in [0.3, 0.4) is 0 Å².